The van der Waals surface area contributed by atoms with Gasteiger partial charge in [-0.15, -0.1) is 0 Å². The molecule has 146 valence electrons. The zero-order chi connectivity index (χ0) is 19.1. The maximum absolute atomic E-state index is 13.4. The summed E-state index contributed by atoms with van der Waals surface area (Å²) in [6, 6.07) is 8.07. The number of piperidine rings is 1. The lowest BCUT2D eigenvalue weighted by atomic mass is 10.1. The molecule has 6 heteroatoms. The van der Waals surface area contributed by atoms with Crippen molar-refractivity contribution in [3.63, 3.8) is 0 Å². The summed E-state index contributed by atoms with van der Waals surface area (Å²) in [6.45, 7) is 3.05. The average Bonchev–Trinajstić information content (AvgIpc) is 3.35. The molecule has 1 aromatic heterocycles. The van der Waals surface area contributed by atoms with Crippen LogP contribution in [0.1, 0.15) is 64.5 Å². The quantitative estimate of drug-likeness (QED) is 0.807. The highest BCUT2D eigenvalue weighted by Gasteiger charge is 2.34. The third kappa shape index (κ3) is 2.82. The van der Waals surface area contributed by atoms with Crippen molar-refractivity contribution >= 4 is 17.5 Å². The van der Waals surface area contributed by atoms with Crippen LogP contribution in [0.15, 0.2) is 24.3 Å². The zero-order valence-electron chi connectivity index (χ0n) is 16.2. The molecular weight excluding hydrogens is 352 g/mol. The van der Waals surface area contributed by atoms with E-state index in [1.807, 2.05) is 32.6 Å². The van der Waals surface area contributed by atoms with Gasteiger partial charge in [-0.3, -0.25) is 9.59 Å². The van der Waals surface area contributed by atoms with Crippen LogP contribution in [0.25, 0.3) is 0 Å². The third-order valence-corrected chi connectivity index (χ3v) is 6.29. The molecule has 5 rings (SSSR count). The van der Waals surface area contributed by atoms with Crippen molar-refractivity contribution in [2.75, 3.05) is 24.5 Å². The number of hydrogen-bond acceptors (Lipinski definition) is 3. The van der Waals surface area contributed by atoms with E-state index in [4.69, 9.17) is 0 Å². The number of carbonyl (C=O) groups is 2. The van der Waals surface area contributed by atoms with E-state index in [1.165, 1.54) is 12.0 Å². The highest BCUT2D eigenvalue weighted by atomic mass is 16.2. The van der Waals surface area contributed by atoms with Gasteiger partial charge in [0.25, 0.3) is 11.8 Å². The van der Waals surface area contributed by atoms with E-state index in [0.29, 0.717) is 18.1 Å². The van der Waals surface area contributed by atoms with Crippen LogP contribution in [0.2, 0.25) is 0 Å². The SMILES string of the molecule is O=C(c1nc(C(=O)N2CCc3ccccc32)c2n1CCCC2)N1CCCCC1. The molecule has 0 saturated carbocycles. The number of imidazole rings is 1. The fraction of sp³-hybridized carbons (Fsp3) is 0.500. The van der Waals surface area contributed by atoms with E-state index >= 15 is 0 Å². The van der Waals surface area contributed by atoms with Gasteiger partial charge < -0.3 is 14.4 Å². The van der Waals surface area contributed by atoms with Gasteiger partial charge in [0.2, 0.25) is 0 Å². The van der Waals surface area contributed by atoms with Crippen LogP contribution >= 0.6 is 0 Å². The summed E-state index contributed by atoms with van der Waals surface area (Å²) >= 11 is 0. The molecule has 0 atom stereocenters. The Kier molecular flexibility index (Phi) is 4.41. The van der Waals surface area contributed by atoms with E-state index in [-0.39, 0.29) is 11.8 Å². The van der Waals surface area contributed by atoms with Gasteiger partial charge in [0.05, 0.1) is 5.69 Å². The summed E-state index contributed by atoms with van der Waals surface area (Å²) in [5.74, 6) is 0.393. The first-order chi connectivity index (χ1) is 13.7. The number of anilines is 1. The summed E-state index contributed by atoms with van der Waals surface area (Å²) in [6.07, 6.45) is 7.05. The second kappa shape index (κ2) is 7.08. The molecule has 2 amide bonds. The smallest absolute Gasteiger partial charge is 0.289 e. The van der Waals surface area contributed by atoms with Gasteiger partial charge in [-0.1, -0.05) is 18.2 Å². The van der Waals surface area contributed by atoms with Gasteiger partial charge in [-0.05, 0) is 56.6 Å². The number of hydrogen-bond donors (Lipinski definition) is 0. The summed E-state index contributed by atoms with van der Waals surface area (Å²) < 4.78 is 2.02. The minimum absolute atomic E-state index is 0.0104. The standard InChI is InChI=1S/C22H26N4O2/c27-21(26-15-11-16-8-2-3-9-17(16)26)19-18-10-4-7-14-25(18)20(23-19)22(28)24-12-5-1-6-13-24/h2-3,8-9H,1,4-7,10-15H2. The molecule has 0 bridgehead atoms. The van der Waals surface area contributed by atoms with Crippen molar-refractivity contribution in [1.82, 2.24) is 14.5 Å². The van der Waals surface area contributed by atoms with Crippen molar-refractivity contribution in [2.24, 2.45) is 0 Å². The summed E-state index contributed by atoms with van der Waals surface area (Å²) in [4.78, 5) is 35.0. The monoisotopic (exact) mass is 378 g/mol. The minimum Gasteiger partial charge on any atom is -0.336 e. The number of amides is 2. The first-order valence-electron chi connectivity index (χ1n) is 10.5. The predicted octanol–water partition coefficient (Wildman–Crippen LogP) is 3.05. The van der Waals surface area contributed by atoms with Gasteiger partial charge in [0, 0.05) is 31.9 Å². The molecule has 0 N–H and O–H groups in total. The lowest BCUT2D eigenvalue weighted by Crippen LogP contribution is -2.37. The fourth-order valence-corrected chi connectivity index (χ4v) is 4.79. The van der Waals surface area contributed by atoms with Crippen molar-refractivity contribution in [2.45, 2.75) is 51.5 Å². The van der Waals surface area contributed by atoms with Crippen LogP contribution in [0, 0.1) is 0 Å². The average molecular weight is 378 g/mol. The van der Waals surface area contributed by atoms with Crippen LogP contribution in [-0.4, -0.2) is 45.9 Å². The Hall–Kier alpha value is -2.63. The Bertz CT molecular complexity index is 927. The van der Waals surface area contributed by atoms with E-state index in [9.17, 15) is 9.59 Å². The number of para-hydroxylation sites is 1. The van der Waals surface area contributed by atoms with E-state index in [2.05, 4.69) is 11.1 Å². The minimum atomic E-state index is -0.0618. The predicted molar refractivity (Wildman–Crippen MR) is 107 cm³/mol. The van der Waals surface area contributed by atoms with E-state index in [0.717, 1.165) is 69.5 Å². The zero-order valence-corrected chi connectivity index (χ0v) is 16.2. The number of rotatable bonds is 2. The first kappa shape index (κ1) is 17.5. The van der Waals surface area contributed by atoms with Gasteiger partial charge in [0.15, 0.2) is 11.5 Å². The van der Waals surface area contributed by atoms with Gasteiger partial charge >= 0.3 is 0 Å². The van der Waals surface area contributed by atoms with Crippen LogP contribution < -0.4 is 4.90 Å². The van der Waals surface area contributed by atoms with Crippen LogP contribution in [-0.2, 0) is 19.4 Å². The maximum Gasteiger partial charge on any atom is 0.289 e. The van der Waals surface area contributed by atoms with Crippen LogP contribution in [0.4, 0.5) is 5.69 Å². The summed E-state index contributed by atoms with van der Waals surface area (Å²) in [7, 11) is 0. The Balaban J connectivity index is 1.51. The highest BCUT2D eigenvalue weighted by Crippen LogP contribution is 2.31. The second-order valence-electron chi connectivity index (χ2n) is 8.03. The molecule has 0 aliphatic carbocycles. The van der Waals surface area contributed by atoms with Crippen molar-refractivity contribution in [3.05, 3.63) is 47.0 Å². The molecule has 6 nitrogen and oxygen atoms in total. The molecule has 3 aliphatic heterocycles. The van der Waals surface area contributed by atoms with Crippen molar-refractivity contribution < 1.29 is 9.59 Å². The molecule has 28 heavy (non-hydrogen) atoms. The third-order valence-electron chi connectivity index (χ3n) is 6.29. The molecule has 0 unspecified atom stereocenters. The first-order valence-corrected chi connectivity index (χ1v) is 10.5. The fourth-order valence-electron chi connectivity index (χ4n) is 4.79. The van der Waals surface area contributed by atoms with Gasteiger partial charge in [-0.2, -0.15) is 0 Å². The van der Waals surface area contributed by atoms with Gasteiger partial charge in [0.1, 0.15) is 0 Å². The summed E-state index contributed by atoms with van der Waals surface area (Å²) in [5, 5.41) is 0. The molecule has 4 heterocycles. The Morgan fingerprint density at radius 3 is 2.46 bits per heavy atom. The Labute approximate surface area is 165 Å². The molecule has 1 saturated heterocycles. The molecule has 0 radical (unpaired) electrons. The topological polar surface area (TPSA) is 58.4 Å². The van der Waals surface area contributed by atoms with Crippen LogP contribution in [0.5, 0.6) is 0 Å². The Morgan fingerprint density at radius 1 is 0.821 bits per heavy atom. The normalized spacial score (nSPS) is 18.7. The molecular formula is C22H26N4O2. The number of fused-ring (bicyclic) bond motifs is 2. The van der Waals surface area contributed by atoms with E-state index < -0.39 is 0 Å². The second-order valence-corrected chi connectivity index (χ2v) is 8.03. The molecule has 1 aromatic carbocycles. The Morgan fingerprint density at radius 2 is 1.61 bits per heavy atom. The number of carbonyl (C=O) groups excluding carboxylic acids is 2. The summed E-state index contributed by atoms with van der Waals surface area (Å²) in [5.41, 5.74) is 3.61. The number of likely N-dealkylation sites (tertiary alicyclic amines) is 1. The van der Waals surface area contributed by atoms with Crippen molar-refractivity contribution in [3.8, 4) is 0 Å². The highest BCUT2D eigenvalue weighted by molar-refractivity contribution is 6.07. The van der Waals surface area contributed by atoms with Gasteiger partial charge in [-0.25, -0.2) is 4.98 Å². The van der Waals surface area contributed by atoms with E-state index in [1.54, 1.807) is 0 Å². The lowest BCUT2D eigenvalue weighted by molar-refractivity contribution is 0.0705. The number of nitrogens with zero attached hydrogens (tertiary/aromatic N) is 4. The lowest BCUT2D eigenvalue weighted by Gasteiger charge is -2.27. The molecule has 1 fully saturated rings. The molecule has 3 aliphatic rings. The molecule has 2 aromatic rings. The number of benzene rings is 1. The largest absolute Gasteiger partial charge is 0.336 e. The van der Waals surface area contributed by atoms with Crippen molar-refractivity contribution in [1.29, 1.82) is 0 Å². The van der Waals surface area contributed by atoms with Crippen LogP contribution in [0.3, 0.4) is 0 Å². The maximum atomic E-state index is 13.4. The molecule has 0 spiro atoms. The number of aromatic nitrogens is 2.